The first-order valence-electron chi connectivity index (χ1n) is 8.15. The molecule has 0 aliphatic carbocycles. The van der Waals surface area contributed by atoms with E-state index in [4.69, 9.17) is 4.74 Å². The molecular weight excluding hydrogens is 396 g/mol. The molecule has 0 aliphatic rings. The Bertz CT molecular complexity index is 793. The minimum atomic E-state index is -0.143. The number of amides is 1. The van der Waals surface area contributed by atoms with Crippen LogP contribution >= 0.6 is 15.9 Å². The van der Waals surface area contributed by atoms with Gasteiger partial charge >= 0.3 is 0 Å². The van der Waals surface area contributed by atoms with Crippen LogP contribution in [0.1, 0.15) is 11.1 Å². The SMILES string of the molecule is CN=C(NCC(=O)Nc1cc(Br)ccc1C)NCc1cccc(OC)c1. The molecule has 0 aromatic heterocycles. The van der Waals surface area contributed by atoms with Crippen LogP contribution in [0.25, 0.3) is 0 Å². The summed E-state index contributed by atoms with van der Waals surface area (Å²) in [5.41, 5.74) is 2.84. The van der Waals surface area contributed by atoms with Crippen molar-refractivity contribution in [2.75, 3.05) is 26.0 Å². The number of aryl methyl sites for hydroxylation is 1. The number of anilines is 1. The number of methoxy groups -OCH3 is 1. The maximum Gasteiger partial charge on any atom is 0.243 e. The second-order valence-corrected chi connectivity index (χ2v) is 6.55. The largest absolute Gasteiger partial charge is 0.497 e. The molecule has 0 bridgehead atoms. The first kappa shape index (κ1) is 19.8. The fraction of sp³-hybridized carbons (Fsp3) is 0.263. The molecule has 2 aromatic carbocycles. The Morgan fingerprint density at radius 3 is 2.73 bits per heavy atom. The normalized spacial score (nSPS) is 11.0. The third-order valence-electron chi connectivity index (χ3n) is 3.71. The van der Waals surface area contributed by atoms with Crippen molar-refractivity contribution >= 4 is 33.5 Å². The highest BCUT2D eigenvalue weighted by molar-refractivity contribution is 9.10. The molecule has 0 fully saturated rings. The first-order chi connectivity index (χ1) is 12.5. The van der Waals surface area contributed by atoms with Gasteiger partial charge in [0.25, 0.3) is 0 Å². The summed E-state index contributed by atoms with van der Waals surface area (Å²) < 4.78 is 6.13. The Labute approximate surface area is 162 Å². The van der Waals surface area contributed by atoms with Crippen molar-refractivity contribution in [2.24, 2.45) is 4.99 Å². The molecule has 26 heavy (non-hydrogen) atoms. The van der Waals surface area contributed by atoms with Gasteiger partial charge in [-0.2, -0.15) is 0 Å². The summed E-state index contributed by atoms with van der Waals surface area (Å²) in [6.07, 6.45) is 0. The summed E-state index contributed by atoms with van der Waals surface area (Å²) in [6, 6.07) is 13.5. The van der Waals surface area contributed by atoms with Crippen LogP contribution in [-0.2, 0) is 11.3 Å². The van der Waals surface area contributed by atoms with Crippen LogP contribution in [0.15, 0.2) is 51.9 Å². The standard InChI is InChI=1S/C19H23BrN4O2/c1-13-7-8-15(20)10-17(13)24-18(25)12-23-19(21-2)22-11-14-5-4-6-16(9-14)26-3/h4-10H,11-12H2,1-3H3,(H,24,25)(H2,21,22,23). The van der Waals surface area contributed by atoms with Gasteiger partial charge in [-0.1, -0.05) is 34.1 Å². The van der Waals surface area contributed by atoms with E-state index in [-0.39, 0.29) is 12.5 Å². The lowest BCUT2D eigenvalue weighted by atomic mass is 10.2. The van der Waals surface area contributed by atoms with Crippen molar-refractivity contribution in [3.05, 3.63) is 58.1 Å². The van der Waals surface area contributed by atoms with Crippen LogP contribution in [0.4, 0.5) is 5.69 Å². The zero-order valence-electron chi connectivity index (χ0n) is 15.1. The molecule has 1 amide bonds. The number of halogens is 1. The van der Waals surface area contributed by atoms with Crippen LogP contribution in [0.3, 0.4) is 0 Å². The van der Waals surface area contributed by atoms with E-state index in [0.717, 1.165) is 27.0 Å². The Hall–Kier alpha value is -2.54. The van der Waals surface area contributed by atoms with Crippen molar-refractivity contribution in [2.45, 2.75) is 13.5 Å². The topological polar surface area (TPSA) is 74.8 Å². The van der Waals surface area contributed by atoms with Gasteiger partial charge in [-0.15, -0.1) is 0 Å². The lowest BCUT2D eigenvalue weighted by Crippen LogP contribution is -2.41. The molecule has 0 spiro atoms. The van der Waals surface area contributed by atoms with Gasteiger partial charge in [-0.05, 0) is 42.3 Å². The van der Waals surface area contributed by atoms with Gasteiger partial charge < -0.3 is 20.7 Å². The van der Waals surface area contributed by atoms with Crippen molar-refractivity contribution in [1.82, 2.24) is 10.6 Å². The number of guanidine groups is 1. The molecule has 0 heterocycles. The van der Waals surface area contributed by atoms with Crippen LogP contribution in [0, 0.1) is 6.92 Å². The van der Waals surface area contributed by atoms with E-state index in [2.05, 4.69) is 36.9 Å². The van der Waals surface area contributed by atoms with Crippen LogP contribution < -0.4 is 20.7 Å². The Balaban J connectivity index is 1.84. The van der Waals surface area contributed by atoms with Crippen molar-refractivity contribution in [3.63, 3.8) is 0 Å². The van der Waals surface area contributed by atoms with Gasteiger partial charge in [0.2, 0.25) is 5.91 Å². The molecule has 138 valence electrons. The van der Waals surface area contributed by atoms with Gasteiger partial charge in [0.05, 0.1) is 13.7 Å². The maximum absolute atomic E-state index is 12.2. The molecule has 7 heteroatoms. The van der Waals surface area contributed by atoms with E-state index < -0.39 is 0 Å². The van der Waals surface area contributed by atoms with Gasteiger partial charge in [-0.25, -0.2) is 0 Å². The predicted molar refractivity (Wildman–Crippen MR) is 109 cm³/mol. The Morgan fingerprint density at radius 1 is 1.19 bits per heavy atom. The highest BCUT2D eigenvalue weighted by Crippen LogP contribution is 2.20. The second-order valence-electron chi connectivity index (χ2n) is 5.64. The van der Waals surface area contributed by atoms with Crippen molar-refractivity contribution in [1.29, 1.82) is 0 Å². The summed E-state index contributed by atoms with van der Waals surface area (Å²) in [5, 5.41) is 9.07. The number of ether oxygens (including phenoxy) is 1. The molecule has 0 saturated carbocycles. The average Bonchev–Trinajstić information content (AvgIpc) is 2.65. The molecule has 2 aromatic rings. The van der Waals surface area contributed by atoms with Crippen LogP contribution in [-0.4, -0.2) is 32.6 Å². The second kappa shape index (κ2) is 9.82. The molecule has 6 nitrogen and oxygen atoms in total. The molecule has 2 rings (SSSR count). The number of rotatable bonds is 6. The molecule has 0 saturated heterocycles. The van der Waals surface area contributed by atoms with E-state index >= 15 is 0 Å². The number of nitrogens with one attached hydrogen (secondary N) is 3. The Morgan fingerprint density at radius 2 is 2.00 bits per heavy atom. The molecule has 0 atom stereocenters. The minimum Gasteiger partial charge on any atom is -0.497 e. The quantitative estimate of drug-likeness (QED) is 0.497. The fourth-order valence-electron chi connectivity index (χ4n) is 2.28. The predicted octanol–water partition coefficient (Wildman–Crippen LogP) is 3.07. The monoisotopic (exact) mass is 418 g/mol. The summed E-state index contributed by atoms with van der Waals surface area (Å²) in [7, 11) is 3.30. The van der Waals surface area contributed by atoms with Gasteiger partial charge in [-0.3, -0.25) is 9.79 Å². The van der Waals surface area contributed by atoms with Crippen molar-refractivity contribution < 1.29 is 9.53 Å². The van der Waals surface area contributed by atoms with E-state index in [9.17, 15) is 4.79 Å². The van der Waals surface area contributed by atoms with E-state index in [0.29, 0.717) is 12.5 Å². The van der Waals surface area contributed by atoms with Gasteiger partial charge in [0.1, 0.15) is 5.75 Å². The lowest BCUT2D eigenvalue weighted by molar-refractivity contribution is -0.115. The number of carbonyl (C=O) groups is 1. The smallest absolute Gasteiger partial charge is 0.243 e. The molecule has 0 aliphatic heterocycles. The third kappa shape index (κ3) is 6.07. The van der Waals surface area contributed by atoms with E-state index in [1.807, 2.05) is 49.4 Å². The third-order valence-corrected chi connectivity index (χ3v) is 4.20. The zero-order valence-corrected chi connectivity index (χ0v) is 16.7. The van der Waals surface area contributed by atoms with Crippen LogP contribution in [0.2, 0.25) is 0 Å². The summed E-state index contributed by atoms with van der Waals surface area (Å²) in [4.78, 5) is 16.3. The number of hydrogen-bond donors (Lipinski definition) is 3. The number of carbonyl (C=O) groups excluding carboxylic acids is 1. The fourth-order valence-corrected chi connectivity index (χ4v) is 2.64. The van der Waals surface area contributed by atoms with Gasteiger partial charge in [0, 0.05) is 23.8 Å². The highest BCUT2D eigenvalue weighted by Gasteiger charge is 2.07. The van der Waals surface area contributed by atoms with Gasteiger partial charge in [0.15, 0.2) is 5.96 Å². The molecule has 3 N–H and O–H groups in total. The molecular formula is C19H23BrN4O2. The summed E-state index contributed by atoms with van der Waals surface area (Å²) in [6.45, 7) is 2.64. The lowest BCUT2D eigenvalue weighted by Gasteiger charge is -2.13. The van der Waals surface area contributed by atoms with Crippen molar-refractivity contribution in [3.8, 4) is 5.75 Å². The van der Waals surface area contributed by atoms with E-state index in [1.54, 1.807) is 14.2 Å². The first-order valence-corrected chi connectivity index (χ1v) is 8.94. The highest BCUT2D eigenvalue weighted by atomic mass is 79.9. The average molecular weight is 419 g/mol. The van der Waals surface area contributed by atoms with E-state index in [1.165, 1.54) is 0 Å². The molecule has 0 unspecified atom stereocenters. The number of benzene rings is 2. The zero-order chi connectivity index (χ0) is 18.9. The summed E-state index contributed by atoms with van der Waals surface area (Å²) >= 11 is 3.41. The number of hydrogen-bond acceptors (Lipinski definition) is 3. The maximum atomic E-state index is 12.2. The minimum absolute atomic E-state index is 0.115. The summed E-state index contributed by atoms with van der Waals surface area (Å²) in [5.74, 6) is 1.21. The number of aliphatic imine (C=N–C) groups is 1. The molecule has 0 radical (unpaired) electrons. The van der Waals surface area contributed by atoms with Crippen LogP contribution in [0.5, 0.6) is 5.75 Å². The number of nitrogens with zero attached hydrogens (tertiary/aromatic N) is 1. The Kier molecular flexibility index (Phi) is 7.47.